The molecule has 2 aromatic rings. The van der Waals surface area contributed by atoms with Crippen LogP contribution in [0.25, 0.3) is 0 Å². The van der Waals surface area contributed by atoms with E-state index in [9.17, 15) is 9.59 Å². The number of nitrogens with one attached hydrogen (secondary N) is 1. The minimum absolute atomic E-state index is 0.103. The molecule has 0 aliphatic carbocycles. The van der Waals surface area contributed by atoms with Crippen molar-refractivity contribution < 1.29 is 9.59 Å². The van der Waals surface area contributed by atoms with Gasteiger partial charge in [0.1, 0.15) is 6.17 Å². The van der Waals surface area contributed by atoms with Crippen LogP contribution in [-0.4, -0.2) is 11.8 Å². The van der Waals surface area contributed by atoms with Gasteiger partial charge in [-0.05, 0) is 24.3 Å². The Kier molecular flexibility index (Phi) is 2.20. The van der Waals surface area contributed by atoms with Gasteiger partial charge in [0.25, 0.3) is 11.8 Å². The molecule has 0 radical (unpaired) electrons. The predicted octanol–water partition coefficient (Wildman–Crippen LogP) is 2.74. The Hall–Kier alpha value is -2.33. The van der Waals surface area contributed by atoms with Crippen LogP contribution in [0.5, 0.6) is 0 Å². The summed E-state index contributed by atoms with van der Waals surface area (Å²) in [6.07, 6.45) is -0.431. The molecule has 2 amide bonds. The van der Waals surface area contributed by atoms with Gasteiger partial charge in [0.2, 0.25) is 0 Å². The molecule has 0 spiro atoms. The second-order valence-electron chi connectivity index (χ2n) is 4.80. The summed E-state index contributed by atoms with van der Waals surface area (Å²) < 4.78 is 0. The van der Waals surface area contributed by atoms with Gasteiger partial charge in [0.05, 0.1) is 11.3 Å². The summed E-state index contributed by atoms with van der Waals surface area (Å²) in [5, 5.41) is 3.33. The van der Waals surface area contributed by atoms with Crippen molar-refractivity contribution >= 4 is 29.1 Å². The maximum atomic E-state index is 12.5. The fourth-order valence-corrected chi connectivity index (χ4v) is 2.98. The second kappa shape index (κ2) is 3.84. The second-order valence-corrected chi connectivity index (χ2v) is 5.24. The zero-order chi connectivity index (χ0) is 13.9. The summed E-state index contributed by atoms with van der Waals surface area (Å²) in [6.45, 7) is 0. The van der Waals surface area contributed by atoms with Crippen molar-refractivity contribution in [3.05, 3.63) is 64.2 Å². The Morgan fingerprint density at radius 3 is 2.70 bits per heavy atom. The number of carbonyl (C=O) groups excluding carboxylic acids is 2. The molecule has 2 aliphatic rings. The number of rotatable bonds is 0. The zero-order valence-electron chi connectivity index (χ0n) is 10.3. The molecule has 0 fully saturated rings. The molecule has 2 aromatic carbocycles. The molecule has 2 heterocycles. The van der Waals surface area contributed by atoms with Crippen molar-refractivity contribution in [1.29, 1.82) is 0 Å². The summed E-state index contributed by atoms with van der Waals surface area (Å²) in [5.41, 5.74) is 2.48. The number of halogens is 1. The Morgan fingerprint density at radius 1 is 1.05 bits per heavy atom. The first-order chi connectivity index (χ1) is 9.66. The van der Waals surface area contributed by atoms with Crippen molar-refractivity contribution in [3.63, 3.8) is 0 Å². The summed E-state index contributed by atoms with van der Waals surface area (Å²) in [5.74, 6) is -0.317. The van der Waals surface area contributed by atoms with Crippen LogP contribution in [0, 0.1) is 0 Å². The molecule has 1 atom stereocenters. The summed E-state index contributed by atoms with van der Waals surface area (Å²) in [7, 11) is 0. The van der Waals surface area contributed by atoms with Crippen molar-refractivity contribution in [2.45, 2.75) is 6.17 Å². The van der Waals surface area contributed by atoms with E-state index >= 15 is 0 Å². The number of hydrogen-bond donors (Lipinski definition) is 1. The first-order valence-electron chi connectivity index (χ1n) is 6.20. The minimum Gasteiger partial charge on any atom is -0.327 e. The average Bonchev–Trinajstić information content (AvgIpc) is 2.73. The zero-order valence-corrected chi connectivity index (χ0v) is 11.0. The van der Waals surface area contributed by atoms with Crippen LogP contribution in [-0.2, 0) is 0 Å². The highest BCUT2D eigenvalue weighted by Gasteiger charge is 2.43. The van der Waals surface area contributed by atoms with E-state index in [1.54, 1.807) is 29.2 Å². The van der Waals surface area contributed by atoms with Gasteiger partial charge < -0.3 is 5.32 Å². The SMILES string of the molecule is O=C1NC2c3ccccc3C(=O)N2c2ccc(Cl)cc21. The van der Waals surface area contributed by atoms with Gasteiger partial charge in [-0.15, -0.1) is 0 Å². The summed E-state index contributed by atoms with van der Waals surface area (Å²) in [4.78, 5) is 26.3. The number of carbonyl (C=O) groups is 2. The van der Waals surface area contributed by atoms with Gasteiger partial charge in [-0.3, -0.25) is 14.5 Å². The number of anilines is 1. The molecule has 4 rings (SSSR count). The van der Waals surface area contributed by atoms with Crippen LogP contribution < -0.4 is 10.2 Å². The highest BCUT2D eigenvalue weighted by molar-refractivity contribution is 6.31. The lowest BCUT2D eigenvalue weighted by Crippen LogP contribution is -2.45. The van der Waals surface area contributed by atoms with E-state index in [1.807, 2.05) is 18.2 Å². The van der Waals surface area contributed by atoms with Gasteiger partial charge in [0.15, 0.2) is 0 Å². The van der Waals surface area contributed by atoms with Crippen LogP contribution in [0.4, 0.5) is 5.69 Å². The van der Waals surface area contributed by atoms with Crippen molar-refractivity contribution in [1.82, 2.24) is 5.32 Å². The first kappa shape index (κ1) is 11.5. The average molecular weight is 285 g/mol. The molecule has 2 aliphatic heterocycles. The molecular formula is C15H9ClN2O2. The third kappa shape index (κ3) is 1.37. The number of nitrogens with zero attached hydrogens (tertiary/aromatic N) is 1. The number of hydrogen-bond acceptors (Lipinski definition) is 2. The Morgan fingerprint density at radius 2 is 1.85 bits per heavy atom. The lowest BCUT2D eigenvalue weighted by atomic mass is 10.1. The quantitative estimate of drug-likeness (QED) is 0.809. The largest absolute Gasteiger partial charge is 0.327 e. The maximum absolute atomic E-state index is 12.5. The Bertz CT molecular complexity index is 772. The monoisotopic (exact) mass is 284 g/mol. The van der Waals surface area contributed by atoms with Crippen LogP contribution >= 0.6 is 11.6 Å². The topological polar surface area (TPSA) is 49.4 Å². The van der Waals surface area contributed by atoms with E-state index in [2.05, 4.69) is 5.32 Å². The third-order valence-electron chi connectivity index (χ3n) is 3.69. The standard InChI is InChI=1S/C15H9ClN2O2/c16-8-5-6-12-11(7-8)14(19)17-13-9-3-1-2-4-10(9)15(20)18(12)13/h1-7,13H,(H,17,19). The van der Waals surface area contributed by atoms with Crippen LogP contribution in [0.3, 0.4) is 0 Å². The molecular weight excluding hydrogens is 276 g/mol. The van der Waals surface area contributed by atoms with Gasteiger partial charge in [-0.2, -0.15) is 0 Å². The maximum Gasteiger partial charge on any atom is 0.260 e. The molecule has 20 heavy (non-hydrogen) atoms. The van der Waals surface area contributed by atoms with Crippen LogP contribution in [0.1, 0.15) is 32.4 Å². The van der Waals surface area contributed by atoms with Crippen molar-refractivity contribution in [3.8, 4) is 0 Å². The molecule has 1 N–H and O–H groups in total. The molecule has 0 bridgehead atoms. The van der Waals surface area contributed by atoms with E-state index < -0.39 is 6.17 Å². The molecule has 1 unspecified atom stereocenters. The normalized spacial score (nSPS) is 19.2. The first-order valence-corrected chi connectivity index (χ1v) is 6.57. The van der Waals surface area contributed by atoms with Crippen LogP contribution in [0.2, 0.25) is 5.02 Å². The Balaban J connectivity index is 1.96. The van der Waals surface area contributed by atoms with E-state index in [0.717, 1.165) is 5.56 Å². The molecule has 0 saturated heterocycles. The fourth-order valence-electron chi connectivity index (χ4n) is 2.81. The third-order valence-corrected chi connectivity index (χ3v) is 3.93. The predicted molar refractivity (Wildman–Crippen MR) is 74.9 cm³/mol. The van der Waals surface area contributed by atoms with Gasteiger partial charge >= 0.3 is 0 Å². The highest BCUT2D eigenvalue weighted by atomic mass is 35.5. The van der Waals surface area contributed by atoms with Crippen molar-refractivity contribution in [2.24, 2.45) is 0 Å². The smallest absolute Gasteiger partial charge is 0.260 e. The Labute approximate surface area is 120 Å². The van der Waals surface area contributed by atoms with E-state index in [1.165, 1.54) is 0 Å². The van der Waals surface area contributed by atoms with E-state index in [0.29, 0.717) is 21.8 Å². The fraction of sp³-hybridized carbons (Fsp3) is 0.0667. The molecule has 5 heteroatoms. The lowest BCUT2D eigenvalue weighted by Gasteiger charge is -2.32. The molecule has 0 aromatic heterocycles. The van der Waals surface area contributed by atoms with Crippen molar-refractivity contribution in [2.75, 3.05) is 4.90 Å². The number of benzene rings is 2. The van der Waals surface area contributed by atoms with E-state index in [4.69, 9.17) is 11.6 Å². The number of fused-ring (bicyclic) bond motifs is 5. The highest BCUT2D eigenvalue weighted by Crippen LogP contribution is 2.41. The summed E-state index contributed by atoms with van der Waals surface area (Å²) >= 11 is 5.93. The van der Waals surface area contributed by atoms with Gasteiger partial charge in [-0.25, -0.2) is 0 Å². The number of amides is 2. The van der Waals surface area contributed by atoms with E-state index in [-0.39, 0.29) is 11.8 Å². The lowest BCUT2D eigenvalue weighted by molar-refractivity contribution is 0.0912. The van der Waals surface area contributed by atoms with Gasteiger partial charge in [0, 0.05) is 16.1 Å². The molecule has 98 valence electrons. The van der Waals surface area contributed by atoms with Gasteiger partial charge in [-0.1, -0.05) is 29.8 Å². The molecule has 4 nitrogen and oxygen atoms in total. The van der Waals surface area contributed by atoms with Crippen LogP contribution in [0.15, 0.2) is 42.5 Å². The summed E-state index contributed by atoms with van der Waals surface area (Å²) in [6, 6.07) is 12.3. The molecule has 0 saturated carbocycles. The minimum atomic E-state index is -0.431.